The minimum Gasteiger partial charge on any atom is -0.394 e. The lowest BCUT2D eigenvalue weighted by Gasteiger charge is -2.08. The van der Waals surface area contributed by atoms with Gasteiger partial charge in [-0.2, -0.15) is 4.57 Å². The van der Waals surface area contributed by atoms with Crippen LogP contribution >= 0.6 is 0 Å². The maximum Gasteiger partial charge on any atom is 0.345 e. The Balaban J connectivity index is 2.70. The van der Waals surface area contributed by atoms with Crippen molar-refractivity contribution in [1.82, 2.24) is 9.13 Å². The van der Waals surface area contributed by atoms with E-state index in [0.29, 0.717) is 6.42 Å². The van der Waals surface area contributed by atoms with Crippen molar-refractivity contribution in [2.24, 2.45) is 0 Å². The average Bonchev–Trinajstić information content (AvgIpc) is 2.90. The van der Waals surface area contributed by atoms with Gasteiger partial charge < -0.3 is 9.84 Å². The maximum atomic E-state index is 12.9. The molecule has 0 amide bonds. The minimum atomic E-state index is -0.542. The maximum absolute atomic E-state index is 12.9. The molecule has 0 aliphatic carbocycles. The van der Waals surface area contributed by atoms with Crippen molar-refractivity contribution in [2.75, 3.05) is 13.2 Å². The van der Waals surface area contributed by atoms with Crippen LogP contribution in [0.1, 0.15) is 135 Å². The molecular formula is C31H50N2O4. The molecule has 0 saturated carbocycles. The molecule has 1 heterocycles. The first-order chi connectivity index (χ1) is 18.2. The fraction of sp³-hybridized carbons (Fsp3) is 0.742. The van der Waals surface area contributed by atoms with Gasteiger partial charge in [0.2, 0.25) is 0 Å². The van der Waals surface area contributed by atoms with Gasteiger partial charge in [-0.05, 0) is 12.8 Å². The van der Waals surface area contributed by atoms with E-state index in [4.69, 9.17) is 9.84 Å². The highest BCUT2D eigenvalue weighted by molar-refractivity contribution is 5.31. The van der Waals surface area contributed by atoms with E-state index in [2.05, 4.69) is 37.7 Å². The Morgan fingerprint density at radius 1 is 0.757 bits per heavy atom. The molecule has 6 nitrogen and oxygen atoms in total. The second-order valence-electron chi connectivity index (χ2n) is 9.74. The molecule has 0 aliphatic rings. The van der Waals surface area contributed by atoms with E-state index in [1.807, 2.05) is 0 Å². The van der Waals surface area contributed by atoms with Gasteiger partial charge in [0.05, 0.1) is 13.2 Å². The van der Waals surface area contributed by atoms with Crippen LogP contribution in [0.15, 0.2) is 15.8 Å². The predicted molar refractivity (Wildman–Crippen MR) is 153 cm³/mol. The smallest absolute Gasteiger partial charge is 0.345 e. The number of unbranched alkanes of at least 4 members (excludes halogenated alkanes) is 16. The first kappa shape index (κ1) is 32.7. The van der Waals surface area contributed by atoms with Crippen LogP contribution < -0.4 is 11.2 Å². The Labute approximate surface area is 224 Å². The summed E-state index contributed by atoms with van der Waals surface area (Å²) >= 11 is 0. The van der Waals surface area contributed by atoms with Crippen molar-refractivity contribution in [3.8, 4) is 23.8 Å². The summed E-state index contributed by atoms with van der Waals surface area (Å²) in [4.78, 5) is 25.7. The largest absolute Gasteiger partial charge is 0.394 e. The van der Waals surface area contributed by atoms with Crippen molar-refractivity contribution in [3.63, 3.8) is 0 Å². The molecule has 37 heavy (non-hydrogen) atoms. The fourth-order valence-corrected chi connectivity index (χ4v) is 4.09. The van der Waals surface area contributed by atoms with Crippen LogP contribution in [0.4, 0.5) is 0 Å². The molecule has 0 unspecified atom stereocenters. The molecule has 0 radical (unpaired) electrons. The topological polar surface area (TPSA) is 73.5 Å². The molecule has 0 bridgehead atoms. The predicted octanol–water partition coefficient (Wildman–Crippen LogP) is 6.20. The molecule has 6 heteroatoms. The lowest BCUT2D eigenvalue weighted by Crippen LogP contribution is -2.39. The number of nitrogens with zero attached hydrogens (tertiary/aromatic N) is 2. The van der Waals surface area contributed by atoms with Crippen molar-refractivity contribution in [1.29, 1.82) is 0 Å². The zero-order chi connectivity index (χ0) is 27.0. The zero-order valence-electron chi connectivity index (χ0n) is 23.5. The van der Waals surface area contributed by atoms with E-state index in [9.17, 15) is 9.59 Å². The summed E-state index contributed by atoms with van der Waals surface area (Å²) in [7, 11) is 0. The Morgan fingerprint density at radius 2 is 1.27 bits per heavy atom. The van der Waals surface area contributed by atoms with Crippen LogP contribution in [0, 0.1) is 23.8 Å². The third-order valence-electron chi connectivity index (χ3n) is 6.35. The Hall–Kier alpha value is -2.28. The fourth-order valence-electron chi connectivity index (χ4n) is 4.09. The quantitative estimate of drug-likeness (QED) is 0.166. The number of hydrogen-bond donors (Lipinski definition) is 1. The minimum absolute atomic E-state index is 0.0634. The highest BCUT2D eigenvalue weighted by Crippen LogP contribution is 2.10. The number of aliphatic hydroxyl groups excluding tert-OH is 1. The van der Waals surface area contributed by atoms with Crippen LogP contribution in [0.2, 0.25) is 0 Å². The summed E-state index contributed by atoms with van der Waals surface area (Å²) in [5.74, 6) is 9.04. The molecule has 208 valence electrons. The van der Waals surface area contributed by atoms with Crippen LogP contribution in [0.25, 0.3) is 0 Å². The molecule has 0 fully saturated rings. The van der Waals surface area contributed by atoms with E-state index in [1.54, 1.807) is 0 Å². The van der Waals surface area contributed by atoms with Gasteiger partial charge in [-0.25, -0.2) is 4.79 Å². The average molecular weight is 515 g/mol. The summed E-state index contributed by atoms with van der Waals surface area (Å²) in [6.07, 6.45) is 22.4. The van der Waals surface area contributed by atoms with E-state index >= 15 is 0 Å². The third kappa shape index (κ3) is 15.5. The van der Waals surface area contributed by atoms with E-state index < -0.39 is 11.2 Å². The van der Waals surface area contributed by atoms with Gasteiger partial charge in [-0.3, -0.25) is 9.36 Å². The van der Waals surface area contributed by atoms with Gasteiger partial charge in [0, 0.05) is 25.1 Å². The lowest BCUT2D eigenvalue weighted by molar-refractivity contribution is 0.0453. The zero-order valence-corrected chi connectivity index (χ0v) is 23.5. The Kier molecular flexibility index (Phi) is 20.3. The monoisotopic (exact) mass is 514 g/mol. The van der Waals surface area contributed by atoms with Crippen LogP contribution in [0.3, 0.4) is 0 Å². The van der Waals surface area contributed by atoms with Crippen LogP contribution in [-0.2, 0) is 11.5 Å². The van der Waals surface area contributed by atoms with E-state index in [-0.39, 0.29) is 25.5 Å². The third-order valence-corrected chi connectivity index (χ3v) is 6.35. The van der Waals surface area contributed by atoms with Gasteiger partial charge in [0.15, 0.2) is 0 Å². The highest BCUT2D eigenvalue weighted by atomic mass is 16.5. The molecule has 0 aromatic carbocycles. The van der Waals surface area contributed by atoms with Crippen molar-refractivity contribution in [2.45, 2.75) is 136 Å². The SMILES string of the molecule is CCCCCCCCCCC#Cc1cn(COCCO)c(=O)n(C#CCCCCCCCCCC)c1=O. The first-order valence-corrected chi connectivity index (χ1v) is 14.7. The van der Waals surface area contributed by atoms with Crippen molar-refractivity contribution >= 4 is 0 Å². The molecule has 1 aromatic rings. The molecule has 0 atom stereocenters. The number of ether oxygens (including phenoxy) is 1. The summed E-state index contributed by atoms with van der Waals surface area (Å²) in [5, 5.41) is 8.97. The van der Waals surface area contributed by atoms with Crippen LogP contribution in [0.5, 0.6) is 0 Å². The number of rotatable bonds is 20. The standard InChI is InChI=1S/C31H50N2O4/c1-3-5-7-9-11-13-15-17-19-21-23-29-27-32(28-37-26-25-34)31(36)33(30(29)35)24-22-20-18-16-14-12-10-8-6-4-2/h27,34H,3-20,25-26,28H2,1-2H3. The van der Waals surface area contributed by atoms with Gasteiger partial charge in [0.1, 0.15) is 12.3 Å². The van der Waals surface area contributed by atoms with Gasteiger partial charge >= 0.3 is 5.69 Å². The second-order valence-corrected chi connectivity index (χ2v) is 9.74. The van der Waals surface area contributed by atoms with Gasteiger partial charge in [-0.1, -0.05) is 122 Å². The van der Waals surface area contributed by atoms with Crippen LogP contribution in [-0.4, -0.2) is 27.5 Å². The lowest BCUT2D eigenvalue weighted by atomic mass is 10.1. The van der Waals surface area contributed by atoms with Gasteiger partial charge in [-0.15, -0.1) is 0 Å². The summed E-state index contributed by atoms with van der Waals surface area (Å²) in [6.45, 7) is 4.35. The molecular weight excluding hydrogens is 464 g/mol. The molecule has 1 rings (SSSR count). The number of hydrogen-bond acceptors (Lipinski definition) is 4. The van der Waals surface area contributed by atoms with E-state index in [1.165, 1.54) is 87.8 Å². The molecule has 1 N–H and O–H groups in total. The molecule has 0 aliphatic heterocycles. The molecule has 1 aromatic heterocycles. The van der Waals surface area contributed by atoms with Crippen molar-refractivity contribution < 1.29 is 9.84 Å². The second kappa shape index (κ2) is 22.9. The number of aromatic nitrogens is 2. The van der Waals surface area contributed by atoms with Gasteiger partial charge in [0.25, 0.3) is 5.56 Å². The van der Waals surface area contributed by atoms with E-state index in [0.717, 1.165) is 36.7 Å². The van der Waals surface area contributed by atoms with Crippen molar-refractivity contribution in [3.05, 3.63) is 32.6 Å². The summed E-state index contributed by atoms with van der Waals surface area (Å²) in [5.41, 5.74) is -0.775. The molecule has 0 saturated heterocycles. The molecule has 0 spiro atoms. The highest BCUT2D eigenvalue weighted by Gasteiger charge is 2.09. The Morgan fingerprint density at radius 3 is 1.81 bits per heavy atom. The normalized spacial score (nSPS) is 10.6. The first-order valence-electron chi connectivity index (χ1n) is 14.7. The number of aliphatic hydroxyl groups is 1. The summed E-state index contributed by atoms with van der Waals surface area (Å²) in [6, 6.07) is 2.76. The Bertz CT molecular complexity index is 956. The summed E-state index contributed by atoms with van der Waals surface area (Å²) < 4.78 is 7.56.